The zero-order valence-corrected chi connectivity index (χ0v) is 14.2. The molecule has 2 heterocycles. The number of nitrogens with zero attached hydrogens (tertiary/aromatic N) is 4. The summed E-state index contributed by atoms with van der Waals surface area (Å²) in [6, 6.07) is 13.4. The molecule has 3 aromatic rings. The Morgan fingerprint density at radius 3 is 2.64 bits per heavy atom. The molecular formula is C18H20N6O. The fourth-order valence-electron chi connectivity index (χ4n) is 2.15. The third-order valence-corrected chi connectivity index (χ3v) is 3.21. The van der Waals surface area contributed by atoms with E-state index in [1.54, 1.807) is 12.4 Å². The summed E-state index contributed by atoms with van der Waals surface area (Å²) in [5.74, 6) is 1.88. The van der Waals surface area contributed by atoms with Crippen molar-refractivity contribution in [3.63, 3.8) is 0 Å². The maximum Gasteiger partial charge on any atom is 0.245 e. The number of hydrogen-bond donors (Lipinski definition) is 2. The first-order chi connectivity index (χ1) is 12.2. The van der Waals surface area contributed by atoms with Gasteiger partial charge in [-0.3, -0.25) is 4.98 Å². The maximum atomic E-state index is 5.63. The van der Waals surface area contributed by atoms with Crippen molar-refractivity contribution < 1.29 is 4.74 Å². The summed E-state index contributed by atoms with van der Waals surface area (Å²) < 4.78 is 5.63. The molecule has 25 heavy (non-hydrogen) atoms. The highest BCUT2D eigenvalue weighted by molar-refractivity contribution is 5.57. The highest BCUT2D eigenvalue weighted by Gasteiger charge is 2.03. The number of rotatable bonds is 7. The van der Waals surface area contributed by atoms with Gasteiger partial charge in [-0.15, -0.1) is 5.10 Å². The minimum atomic E-state index is 0.151. The van der Waals surface area contributed by atoms with Crippen molar-refractivity contribution in [1.29, 1.82) is 0 Å². The van der Waals surface area contributed by atoms with Crippen LogP contribution in [0.25, 0.3) is 0 Å². The van der Waals surface area contributed by atoms with Crippen LogP contribution in [0, 0.1) is 0 Å². The number of pyridine rings is 1. The molecule has 0 amide bonds. The van der Waals surface area contributed by atoms with Crippen molar-refractivity contribution in [2.45, 2.75) is 26.5 Å². The lowest BCUT2D eigenvalue weighted by Gasteiger charge is -2.11. The predicted octanol–water partition coefficient (Wildman–Crippen LogP) is 3.41. The molecular weight excluding hydrogens is 316 g/mol. The molecule has 0 bridgehead atoms. The standard InChI is InChI=1S/C18H20N6O/c1-13(2)25-16-8-6-14(7-9-16)22-17-12-21-24-18(23-17)20-11-15-5-3-4-10-19-15/h3-10,12-13H,11H2,1-2H3,(H2,20,22,23,24). The lowest BCUT2D eigenvalue weighted by Crippen LogP contribution is -2.07. The Morgan fingerprint density at radius 1 is 1.08 bits per heavy atom. The molecule has 0 aliphatic carbocycles. The number of ether oxygens (including phenoxy) is 1. The van der Waals surface area contributed by atoms with Crippen LogP contribution in [0.4, 0.5) is 17.5 Å². The SMILES string of the molecule is CC(C)Oc1ccc(Nc2cnnc(NCc3ccccn3)n2)cc1. The normalized spacial score (nSPS) is 10.5. The topological polar surface area (TPSA) is 84.9 Å². The first kappa shape index (κ1) is 16.6. The summed E-state index contributed by atoms with van der Waals surface area (Å²) in [5, 5.41) is 14.3. The van der Waals surface area contributed by atoms with E-state index in [1.165, 1.54) is 0 Å². The van der Waals surface area contributed by atoms with Crippen molar-refractivity contribution in [2.24, 2.45) is 0 Å². The number of hydrogen-bond acceptors (Lipinski definition) is 7. The molecule has 7 nitrogen and oxygen atoms in total. The van der Waals surface area contributed by atoms with Crippen LogP contribution >= 0.6 is 0 Å². The Kier molecular flexibility index (Phi) is 5.36. The Bertz CT molecular complexity index is 792. The zero-order valence-electron chi connectivity index (χ0n) is 14.2. The van der Waals surface area contributed by atoms with E-state index in [-0.39, 0.29) is 6.10 Å². The van der Waals surface area contributed by atoms with Crippen LogP contribution in [0.15, 0.2) is 54.9 Å². The van der Waals surface area contributed by atoms with E-state index in [9.17, 15) is 0 Å². The molecule has 7 heteroatoms. The molecule has 1 aromatic carbocycles. The molecule has 0 radical (unpaired) electrons. The molecule has 3 rings (SSSR count). The van der Waals surface area contributed by atoms with Gasteiger partial charge in [0.1, 0.15) is 5.75 Å². The molecule has 0 unspecified atom stereocenters. The van der Waals surface area contributed by atoms with E-state index >= 15 is 0 Å². The number of anilines is 3. The molecule has 0 atom stereocenters. The molecule has 0 saturated carbocycles. The van der Waals surface area contributed by atoms with Crippen LogP contribution in [-0.4, -0.2) is 26.3 Å². The van der Waals surface area contributed by atoms with Gasteiger partial charge >= 0.3 is 0 Å². The third-order valence-electron chi connectivity index (χ3n) is 3.21. The fraction of sp³-hybridized carbons (Fsp3) is 0.222. The zero-order chi connectivity index (χ0) is 17.5. The monoisotopic (exact) mass is 336 g/mol. The summed E-state index contributed by atoms with van der Waals surface area (Å²) in [5.41, 5.74) is 1.80. The Labute approximate surface area is 146 Å². The first-order valence-corrected chi connectivity index (χ1v) is 8.06. The highest BCUT2D eigenvalue weighted by Crippen LogP contribution is 2.19. The molecule has 0 saturated heterocycles. The van der Waals surface area contributed by atoms with Crippen molar-refractivity contribution in [3.8, 4) is 5.75 Å². The average Bonchev–Trinajstić information content (AvgIpc) is 2.62. The summed E-state index contributed by atoms with van der Waals surface area (Å²) in [6.07, 6.45) is 3.48. The minimum Gasteiger partial charge on any atom is -0.491 e. The van der Waals surface area contributed by atoms with Crippen LogP contribution < -0.4 is 15.4 Å². The van der Waals surface area contributed by atoms with Gasteiger partial charge < -0.3 is 15.4 Å². The van der Waals surface area contributed by atoms with Gasteiger partial charge in [-0.05, 0) is 50.2 Å². The summed E-state index contributed by atoms with van der Waals surface area (Å²) in [6.45, 7) is 4.53. The molecule has 0 aliphatic heterocycles. The van der Waals surface area contributed by atoms with Gasteiger partial charge in [-0.1, -0.05) is 6.07 Å². The van der Waals surface area contributed by atoms with Crippen molar-refractivity contribution in [1.82, 2.24) is 20.2 Å². The van der Waals surface area contributed by atoms with Crippen LogP contribution in [0.5, 0.6) is 5.75 Å². The number of aromatic nitrogens is 4. The van der Waals surface area contributed by atoms with Crippen LogP contribution in [-0.2, 0) is 6.54 Å². The van der Waals surface area contributed by atoms with Crippen LogP contribution in [0.2, 0.25) is 0 Å². The highest BCUT2D eigenvalue weighted by atomic mass is 16.5. The summed E-state index contributed by atoms with van der Waals surface area (Å²) >= 11 is 0. The minimum absolute atomic E-state index is 0.151. The maximum absolute atomic E-state index is 5.63. The Morgan fingerprint density at radius 2 is 1.92 bits per heavy atom. The molecule has 2 aromatic heterocycles. The average molecular weight is 336 g/mol. The van der Waals surface area contributed by atoms with Gasteiger partial charge in [0.15, 0.2) is 5.82 Å². The van der Waals surface area contributed by atoms with Crippen molar-refractivity contribution in [3.05, 3.63) is 60.6 Å². The summed E-state index contributed by atoms with van der Waals surface area (Å²) in [4.78, 5) is 8.65. The Balaban J connectivity index is 1.61. The lowest BCUT2D eigenvalue weighted by atomic mass is 10.3. The van der Waals surface area contributed by atoms with Gasteiger partial charge in [0.2, 0.25) is 5.95 Å². The molecule has 0 aliphatic rings. The number of nitrogens with one attached hydrogen (secondary N) is 2. The Hall–Kier alpha value is -3.22. The largest absolute Gasteiger partial charge is 0.491 e. The third kappa shape index (κ3) is 5.13. The second-order valence-corrected chi connectivity index (χ2v) is 5.66. The first-order valence-electron chi connectivity index (χ1n) is 8.06. The van der Waals surface area contributed by atoms with Crippen molar-refractivity contribution in [2.75, 3.05) is 10.6 Å². The van der Waals surface area contributed by atoms with Crippen molar-refractivity contribution >= 4 is 17.5 Å². The summed E-state index contributed by atoms with van der Waals surface area (Å²) in [7, 11) is 0. The second kappa shape index (κ2) is 8.05. The van der Waals surface area contributed by atoms with Gasteiger partial charge in [-0.25, -0.2) is 0 Å². The van der Waals surface area contributed by atoms with Gasteiger partial charge in [-0.2, -0.15) is 10.1 Å². The van der Waals surface area contributed by atoms with Crippen LogP contribution in [0.3, 0.4) is 0 Å². The fourth-order valence-corrected chi connectivity index (χ4v) is 2.15. The molecule has 0 fully saturated rings. The van der Waals surface area contributed by atoms with Crippen LogP contribution in [0.1, 0.15) is 19.5 Å². The molecule has 128 valence electrons. The van der Waals surface area contributed by atoms with E-state index in [1.807, 2.05) is 56.3 Å². The quantitative estimate of drug-likeness (QED) is 0.684. The van der Waals surface area contributed by atoms with Gasteiger partial charge in [0, 0.05) is 11.9 Å². The molecule has 2 N–H and O–H groups in total. The van der Waals surface area contributed by atoms with E-state index < -0.39 is 0 Å². The molecule has 0 spiro atoms. The van der Waals surface area contributed by atoms with Gasteiger partial charge in [0.25, 0.3) is 0 Å². The lowest BCUT2D eigenvalue weighted by molar-refractivity contribution is 0.242. The van der Waals surface area contributed by atoms with E-state index in [4.69, 9.17) is 4.74 Å². The second-order valence-electron chi connectivity index (χ2n) is 5.66. The van der Waals surface area contributed by atoms with E-state index in [2.05, 4.69) is 30.8 Å². The van der Waals surface area contributed by atoms with E-state index in [0.29, 0.717) is 18.3 Å². The number of benzene rings is 1. The predicted molar refractivity (Wildman–Crippen MR) is 96.9 cm³/mol. The smallest absolute Gasteiger partial charge is 0.245 e. The van der Waals surface area contributed by atoms with E-state index in [0.717, 1.165) is 17.1 Å². The van der Waals surface area contributed by atoms with Gasteiger partial charge in [0.05, 0.1) is 24.5 Å².